The summed E-state index contributed by atoms with van der Waals surface area (Å²) in [5.74, 6) is 0.665. The Balaban J connectivity index is 3.23. The quantitative estimate of drug-likeness (QED) is 0.785. The number of hydrogen-bond acceptors (Lipinski definition) is 5. The Labute approximate surface area is 113 Å². The summed E-state index contributed by atoms with van der Waals surface area (Å²) in [4.78, 5) is 0.0230. The normalized spacial score (nSPS) is 11.1. The van der Waals surface area contributed by atoms with Gasteiger partial charge in [0.05, 0.1) is 20.3 Å². The zero-order valence-electron chi connectivity index (χ0n) is 11.1. The van der Waals surface area contributed by atoms with E-state index in [1.165, 1.54) is 33.4 Å². The Morgan fingerprint density at radius 2 is 2.00 bits per heavy atom. The highest BCUT2D eigenvalue weighted by molar-refractivity contribution is 7.89. The molecule has 0 atom stereocenters. The van der Waals surface area contributed by atoms with Crippen LogP contribution in [0.5, 0.6) is 11.5 Å². The molecule has 0 fully saturated rings. The third-order valence-electron chi connectivity index (χ3n) is 2.60. The van der Waals surface area contributed by atoms with Crippen LogP contribution in [0.25, 0.3) is 0 Å². The first kappa shape index (κ1) is 15.3. The smallest absolute Gasteiger partial charge is 0.246 e. The number of methoxy groups -OCH3 is 2. The highest BCUT2D eigenvalue weighted by atomic mass is 32.2. The fourth-order valence-electron chi connectivity index (χ4n) is 1.48. The van der Waals surface area contributed by atoms with E-state index in [2.05, 4.69) is 0 Å². The van der Waals surface area contributed by atoms with Gasteiger partial charge in [0.2, 0.25) is 10.0 Å². The number of benzene rings is 1. The third kappa shape index (κ3) is 3.36. The third-order valence-corrected chi connectivity index (χ3v) is 4.48. The van der Waals surface area contributed by atoms with Crippen LogP contribution < -0.4 is 9.47 Å². The van der Waals surface area contributed by atoms with E-state index in [1.54, 1.807) is 6.07 Å². The van der Waals surface area contributed by atoms with Crippen LogP contribution in [0.15, 0.2) is 23.1 Å². The van der Waals surface area contributed by atoms with Crippen LogP contribution in [0.2, 0.25) is 0 Å². The first-order chi connectivity index (χ1) is 8.97. The minimum atomic E-state index is -3.71. The summed E-state index contributed by atoms with van der Waals surface area (Å²) in [6, 6.07) is 6.46. The molecule has 0 aromatic heterocycles. The lowest BCUT2D eigenvalue weighted by molar-refractivity contribution is 0.388. The molecule has 0 radical (unpaired) electrons. The van der Waals surface area contributed by atoms with Gasteiger partial charge in [0.25, 0.3) is 0 Å². The molecule has 0 N–H and O–H groups in total. The van der Waals surface area contributed by atoms with Crippen molar-refractivity contribution in [2.75, 3.05) is 27.8 Å². The van der Waals surface area contributed by atoms with Crippen LogP contribution in [0.1, 0.15) is 6.42 Å². The SMILES string of the molecule is COc1ccc(OC)c(S(=O)(=O)N(C)CCC#N)c1. The molecule has 0 heterocycles. The van der Waals surface area contributed by atoms with Gasteiger partial charge in [0.1, 0.15) is 16.4 Å². The number of rotatable bonds is 6. The summed E-state index contributed by atoms with van der Waals surface area (Å²) in [7, 11) is 0.568. The van der Waals surface area contributed by atoms with Gasteiger partial charge in [-0.1, -0.05) is 0 Å². The predicted molar refractivity (Wildman–Crippen MR) is 69.6 cm³/mol. The number of hydrogen-bond donors (Lipinski definition) is 0. The second-order valence-corrected chi connectivity index (χ2v) is 5.76. The topological polar surface area (TPSA) is 79.6 Å². The zero-order valence-corrected chi connectivity index (χ0v) is 11.9. The van der Waals surface area contributed by atoms with Gasteiger partial charge in [-0.3, -0.25) is 0 Å². The molecule has 19 heavy (non-hydrogen) atoms. The summed E-state index contributed by atoms with van der Waals surface area (Å²) in [6.45, 7) is 0.124. The standard InChI is InChI=1S/C12H16N2O4S/c1-14(8-4-7-13)19(15,16)12-9-10(17-2)5-6-11(12)18-3/h5-6,9H,4,8H2,1-3H3. The molecule has 0 unspecified atom stereocenters. The lowest BCUT2D eigenvalue weighted by Crippen LogP contribution is -2.28. The maximum Gasteiger partial charge on any atom is 0.246 e. The monoisotopic (exact) mass is 284 g/mol. The maximum absolute atomic E-state index is 12.4. The second-order valence-electron chi connectivity index (χ2n) is 3.75. The minimum absolute atomic E-state index is 0.0230. The zero-order chi connectivity index (χ0) is 14.5. The molecule has 0 aliphatic rings. The number of nitrogens with zero attached hydrogens (tertiary/aromatic N) is 2. The fraction of sp³-hybridized carbons (Fsp3) is 0.417. The van der Waals surface area contributed by atoms with Crippen LogP contribution in [0.4, 0.5) is 0 Å². The molecular formula is C12H16N2O4S. The molecule has 0 saturated heterocycles. The van der Waals surface area contributed by atoms with E-state index in [0.29, 0.717) is 5.75 Å². The van der Waals surface area contributed by atoms with Crippen LogP contribution in [-0.2, 0) is 10.0 Å². The molecule has 1 aromatic rings. The van der Waals surface area contributed by atoms with E-state index in [1.807, 2.05) is 6.07 Å². The van der Waals surface area contributed by atoms with E-state index in [9.17, 15) is 8.42 Å². The summed E-state index contributed by atoms with van der Waals surface area (Å²) in [5.41, 5.74) is 0. The van der Waals surface area contributed by atoms with Crippen LogP contribution in [-0.4, -0.2) is 40.5 Å². The second kappa shape index (κ2) is 6.41. The van der Waals surface area contributed by atoms with E-state index < -0.39 is 10.0 Å². The van der Waals surface area contributed by atoms with Crippen molar-refractivity contribution in [1.82, 2.24) is 4.31 Å². The van der Waals surface area contributed by atoms with Gasteiger partial charge >= 0.3 is 0 Å². The maximum atomic E-state index is 12.4. The average Bonchev–Trinajstić information content (AvgIpc) is 2.43. The van der Waals surface area contributed by atoms with Gasteiger partial charge in [-0.05, 0) is 12.1 Å². The number of sulfonamides is 1. The van der Waals surface area contributed by atoms with Gasteiger partial charge in [-0.2, -0.15) is 9.57 Å². The van der Waals surface area contributed by atoms with Crippen LogP contribution >= 0.6 is 0 Å². The molecule has 0 amide bonds. The van der Waals surface area contributed by atoms with Crippen molar-refractivity contribution in [3.8, 4) is 17.6 Å². The van der Waals surface area contributed by atoms with Crippen molar-refractivity contribution in [2.45, 2.75) is 11.3 Å². The molecular weight excluding hydrogens is 268 g/mol. The van der Waals surface area contributed by atoms with Gasteiger partial charge in [0, 0.05) is 26.1 Å². The largest absolute Gasteiger partial charge is 0.497 e. The van der Waals surface area contributed by atoms with Crippen molar-refractivity contribution in [3.05, 3.63) is 18.2 Å². The molecule has 1 rings (SSSR count). The number of nitriles is 1. The molecule has 0 saturated carbocycles. The minimum Gasteiger partial charge on any atom is -0.497 e. The highest BCUT2D eigenvalue weighted by Gasteiger charge is 2.25. The molecule has 1 aromatic carbocycles. The molecule has 7 heteroatoms. The lowest BCUT2D eigenvalue weighted by atomic mass is 10.3. The van der Waals surface area contributed by atoms with E-state index in [4.69, 9.17) is 14.7 Å². The Bertz CT molecular complexity index is 578. The summed E-state index contributed by atoms with van der Waals surface area (Å²) in [5, 5.41) is 8.52. The van der Waals surface area contributed by atoms with Crippen molar-refractivity contribution >= 4 is 10.0 Å². The summed E-state index contributed by atoms with van der Waals surface area (Å²) >= 11 is 0. The molecule has 0 bridgehead atoms. The molecule has 6 nitrogen and oxygen atoms in total. The first-order valence-corrected chi connectivity index (χ1v) is 6.96. The predicted octanol–water partition coefficient (Wildman–Crippen LogP) is 1.24. The number of ether oxygens (including phenoxy) is 2. The summed E-state index contributed by atoms with van der Waals surface area (Å²) < 4.78 is 35.9. The Morgan fingerprint density at radius 1 is 1.32 bits per heavy atom. The van der Waals surface area contributed by atoms with E-state index >= 15 is 0 Å². The van der Waals surface area contributed by atoms with Gasteiger partial charge in [0.15, 0.2) is 0 Å². The van der Waals surface area contributed by atoms with Crippen molar-refractivity contribution < 1.29 is 17.9 Å². The Hall–Kier alpha value is -1.78. The molecule has 0 aliphatic carbocycles. The highest BCUT2D eigenvalue weighted by Crippen LogP contribution is 2.30. The van der Waals surface area contributed by atoms with Crippen molar-refractivity contribution in [3.63, 3.8) is 0 Å². The Kier molecular flexibility index (Phi) is 5.15. The fourth-order valence-corrected chi connectivity index (χ4v) is 2.82. The summed E-state index contributed by atoms with van der Waals surface area (Å²) in [6.07, 6.45) is 0.127. The molecule has 0 aliphatic heterocycles. The molecule has 0 spiro atoms. The van der Waals surface area contributed by atoms with E-state index in [-0.39, 0.29) is 23.6 Å². The Morgan fingerprint density at radius 3 is 2.53 bits per heavy atom. The van der Waals surface area contributed by atoms with Crippen molar-refractivity contribution in [1.29, 1.82) is 5.26 Å². The molecule has 104 valence electrons. The lowest BCUT2D eigenvalue weighted by Gasteiger charge is -2.18. The average molecular weight is 284 g/mol. The van der Waals surface area contributed by atoms with Crippen LogP contribution in [0, 0.1) is 11.3 Å². The van der Waals surface area contributed by atoms with Gasteiger partial charge in [-0.15, -0.1) is 0 Å². The van der Waals surface area contributed by atoms with Crippen molar-refractivity contribution in [2.24, 2.45) is 0 Å². The van der Waals surface area contributed by atoms with Gasteiger partial charge in [-0.25, -0.2) is 8.42 Å². The van der Waals surface area contributed by atoms with E-state index in [0.717, 1.165) is 4.31 Å². The first-order valence-electron chi connectivity index (χ1n) is 5.52. The van der Waals surface area contributed by atoms with Crippen LogP contribution in [0.3, 0.4) is 0 Å². The van der Waals surface area contributed by atoms with Gasteiger partial charge < -0.3 is 9.47 Å².